The van der Waals surface area contributed by atoms with Crippen LogP contribution in [0.5, 0.6) is 0 Å². The Bertz CT molecular complexity index is 1520. The van der Waals surface area contributed by atoms with Crippen LogP contribution in [-0.2, 0) is 9.53 Å². The van der Waals surface area contributed by atoms with Crippen LogP contribution in [0, 0.1) is 5.82 Å². The van der Waals surface area contributed by atoms with E-state index in [0.29, 0.717) is 13.0 Å². The minimum Gasteiger partial charge on any atom is -0.464 e. The molecule has 6 heteroatoms. The summed E-state index contributed by atoms with van der Waals surface area (Å²) in [5, 5.41) is 2.30. The van der Waals surface area contributed by atoms with Crippen molar-refractivity contribution >= 4 is 33.5 Å². The van der Waals surface area contributed by atoms with E-state index in [-0.39, 0.29) is 23.7 Å². The van der Waals surface area contributed by atoms with E-state index in [1.54, 1.807) is 12.1 Å². The van der Waals surface area contributed by atoms with Crippen LogP contribution >= 0.6 is 0 Å². The number of benzene rings is 3. The summed E-state index contributed by atoms with van der Waals surface area (Å²) in [5.74, 6) is -0.425. The number of fused-ring (bicyclic) bond motifs is 2. The standard InChI is InChI=1S/C30H28FN3O2/c1-2-36-30(35)29-16-19(24-17-32-26-9-5-3-7-22(24)26)15-28(34(29)21-13-11-20(31)12-14-21)25-18-33-27-10-6-4-8-23(25)27/h3-14,17-19,28-29,32-33H,2,15-16H2,1H3/t19-,28-,29-/m0/s1. The number of aromatic nitrogens is 2. The molecule has 3 heterocycles. The minimum atomic E-state index is -0.513. The van der Waals surface area contributed by atoms with Gasteiger partial charge in [-0.25, -0.2) is 9.18 Å². The molecule has 0 spiro atoms. The summed E-state index contributed by atoms with van der Waals surface area (Å²) in [6.07, 6.45) is 5.54. The highest BCUT2D eigenvalue weighted by Gasteiger charge is 2.42. The third-order valence-corrected chi connectivity index (χ3v) is 7.41. The highest BCUT2D eigenvalue weighted by molar-refractivity contribution is 5.87. The number of carbonyl (C=O) groups excluding carboxylic acids is 1. The zero-order valence-electron chi connectivity index (χ0n) is 20.1. The minimum absolute atomic E-state index is 0.117. The molecule has 0 radical (unpaired) electrons. The zero-order valence-corrected chi connectivity index (χ0v) is 20.1. The van der Waals surface area contributed by atoms with Crippen molar-refractivity contribution in [2.24, 2.45) is 0 Å². The number of H-pyrrole nitrogens is 2. The van der Waals surface area contributed by atoms with Crippen molar-refractivity contribution in [1.82, 2.24) is 9.97 Å². The lowest BCUT2D eigenvalue weighted by Gasteiger charge is -2.45. The van der Waals surface area contributed by atoms with Crippen LogP contribution in [0.2, 0.25) is 0 Å². The Balaban J connectivity index is 1.52. The van der Waals surface area contributed by atoms with Gasteiger partial charge in [0.05, 0.1) is 12.6 Å². The Kier molecular flexibility index (Phi) is 5.72. The third kappa shape index (κ3) is 3.83. The summed E-state index contributed by atoms with van der Waals surface area (Å²) >= 11 is 0. The zero-order chi connectivity index (χ0) is 24.6. The number of carbonyl (C=O) groups is 1. The van der Waals surface area contributed by atoms with Crippen molar-refractivity contribution in [3.05, 3.63) is 102 Å². The first-order valence-electron chi connectivity index (χ1n) is 12.5. The molecule has 36 heavy (non-hydrogen) atoms. The first-order valence-corrected chi connectivity index (χ1v) is 12.5. The molecule has 0 unspecified atom stereocenters. The van der Waals surface area contributed by atoms with Gasteiger partial charge in [0, 0.05) is 39.9 Å². The number of aromatic amines is 2. The summed E-state index contributed by atoms with van der Waals surface area (Å²) in [7, 11) is 0. The number of hydrogen-bond acceptors (Lipinski definition) is 3. The van der Waals surface area contributed by atoms with Crippen molar-refractivity contribution in [1.29, 1.82) is 0 Å². The van der Waals surface area contributed by atoms with Crippen LogP contribution in [0.4, 0.5) is 10.1 Å². The van der Waals surface area contributed by atoms with Crippen molar-refractivity contribution in [2.75, 3.05) is 11.5 Å². The van der Waals surface area contributed by atoms with Crippen LogP contribution in [0.3, 0.4) is 0 Å². The van der Waals surface area contributed by atoms with Gasteiger partial charge < -0.3 is 19.6 Å². The second-order valence-corrected chi connectivity index (χ2v) is 9.41. The normalized spacial score (nSPS) is 20.2. The molecule has 0 bridgehead atoms. The molecule has 0 amide bonds. The molecule has 5 nitrogen and oxygen atoms in total. The molecule has 2 aromatic heterocycles. The molecule has 1 aliphatic rings. The fourth-order valence-corrected chi connectivity index (χ4v) is 5.83. The number of halogens is 1. The predicted molar refractivity (Wildman–Crippen MR) is 141 cm³/mol. The predicted octanol–water partition coefficient (Wildman–Crippen LogP) is 6.85. The maximum atomic E-state index is 13.9. The van der Waals surface area contributed by atoms with Gasteiger partial charge >= 0.3 is 5.97 Å². The molecule has 0 aliphatic carbocycles. The molecule has 2 N–H and O–H groups in total. The van der Waals surface area contributed by atoms with Crippen LogP contribution < -0.4 is 4.90 Å². The van der Waals surface area contributed by atoms with Gasteiger partial charge in [-0.15, -0.1) is 0 Å². The molecule has 3 atom stereocenters. The smallest absolute Gasteiger partial charge is 0.328 e. The third-order valence-electron chi connectivity index (χ3n) is 7.41. The van der Waals surface area contributed by atoms with E-state index < -0.39 is 6.04 Å². The van der Waals surface area contributed by atoms with Gasteiger partial charge in [-0.2, -0.15) is 0 Å². The molecule has 1 saturated heterocycles. The number of nitrogens with one attached hydrogen (secondary N) is 2. The van der Waals surface area contributed by atoms with Crippen molar-refractivity contribution in [3.63, 3.8) is 0 Å². The average molecular weight is 482 g/mol. The number of piperidine rings is 1. The SMILES string of the molecule is CCOC(=O)[C@@H]1C[C@@H](c2c[nH]c3ccccc23)C[C@@H](c2c[nH]c3ccccc23)N1c1ccc(F)cc1. The first-order chi connectivity index (χ1) is 17.6. The number of hydrogen-bond donors (Lipinski definition) is 2. The fourth-order valence-electron chi connectivity index (χ4n) is 5.83. The van der Waals surface area contributed by atoms with Gasteiger partial charge in [0.15, 0.2) is 0 Å². The lowest BCUT2D eigenvalue weighted by molar-refractivity contribution is -0.145. The lowest BCUT2D eigenvalue weighted by Crippen LogP contribution is -2.49. The number of anilines is 1. The van der Waals surface area contributed by atoms with Gasteiger partial charge in [-0.1, -0.05) is 36.4 Å². The van der Waals surface area contributed by atoms with Crippen molar-refractivity contribution in [3.8, 4) is 0 Å². The average Bonchev–Trinajstić information content (AvgIpc) is 3.53. The van der Waals surface area contributed by atoms with Gasteiger partial charge in [0.25, 0.3) is 0 Å². The fraction of sp³-hybridized carbons (Fsp3) is 0.233. The molecular weight excluding hydrogens is 453 g/mol. The van der Waals surface area contributed by atoms with Gasteiger partial charge in [0.1, 0.15) is 11.9 Å². The molecular formula is C30H28FN3O2. The number of rotatable bonds is 5. The van der Waals surface area contributed by atoms with Crippen LogP contribution in [0.15, 0.2) is 85.2 Å². The molecule has 6 rings (SSSR count). The lowest BCUT2D eigenvalue weighted by atomic mass is 9.79. The topological polar surface area (TPSA) is 61.1 Å². The largest absolute Gasteiger partial charge is 0.464 e. The molecule has 0 saturated carbocycles. The van der Waals surface area contributed by atoms with Crippen molar-refractivity contribution < 1.29 is 13.9 Å². The summed E-state index contributed by atoms with van der Waals surface area (Å²) in [4.78, 5) is 22.4. The molecule has 5 aromatic rings. The Labute approximate surface area is 208 Å². The molecule has 3 aromatic carbocycles. The second-order valence-electron chi connectivity index (χ2n) is 9.41. The molecule has 182 valence electrons. The monoisotopic (exact) mass is 481 g/mol. The van der Waals surface area contributed by atoms with Crippen LogP contribution in [-0.4, -0.2) is 28.6 Å². The van der Waals surface area contributed by atoms with E-state index in [1.807, 2.05) is 37.4 Å². The Morgan fingerprint density at radius 1 is 0.889 bits per heavy atom. The van der Waals surface area contributed by atoms with Crippen LogP contribution in [0.25, 0.3) is 21.8 Å². The van der Waals surface area contributed by atoms with Gasteiger partial charge in [-0.3, -0.25) is 0 Å². The van der Waals surface area contributed by atoms with E-state index >= 15 is 0 Å². The first kappa shape index (κ1) is 22.4. The van der Waals surface area contributed by atoms with E-state index in [9.17, 15) is 9.18 Å². The molecule has 1 aliphatic heterocycles. The maximum absolute atomic E-state index is 13.9. The highest BCUT2D eigenvalue weighted by Crippen LogP contribution is 2.47. The Morgan fingerprint density at radius 3 is 2.17 bits per heavy atom. The Morgan fingerprint density at radius 2 is 1.50 bits per heavy atom. The van der Waals surface area contributed by atoms with Crippen LogP contribution in [0.1, 0.15) is 42.9 Å². The quantitative estimate of drug-likeness (QED) is 0.270. The number of para-hydroxylation sites is 2. The maximum Gasteiger partial charge on any atom is 0.328 e. The van der Waals surface area contributed by atoms with E-state index in [2.05, 4.69) is 45.3 Å². The highest BCUT2D eigenvalue weighted by atomic mass is 19.1. The number of nitrogens with zero attached hydrogens (tertiary/aromatic N) is 1. The summed E-state index contributed by atoms with van der Waals surface area (Å²) in [6.45, 7) is 2.14. The van der Waals surface area contributed by atoms with Gasteiger partial charge in [-0.05, 0) is 73.2 Å². The van der Waals surface area contributed by atoms with E-state index in [0.717, 1.165) is 34.1 Å². The summed E-state index contributed by atoms with van der Waals surface area (Å²) < 4.78 is 19.5. The van der Waals surface area contributed by atoms with E-state index in [4.69, 9.17) is 4.74 Å². The van der Waals surface area contributed by atoms with Crippen molar-refractivity contribution in [2.45, 2.75) is 37.8 Å². The summed E-state index contributed by atoms with van der Waals surface area (Å²) in [6, 6.07) is 22.3. The summed E-state index contributed by atoms with van der Waals surface area (Å²) in [5.41, 5.74) is 5.28. The Hall–Kier alpha value is -4.06. The van der Waals surface area contributed by atoms with Gasteiger partial charge in [0.2, 0.25) is 0 Å². The second kappa shape index (κ2) is 9.19. The number of esters is 1. The van der Waals surface area contributed by atoms with E-state index in [1.165, 1.54) is 23.1 Å². The number of ether oxygens (including phenoxy) is 1. The molecule has 1 fully saturated rings.